The highest BCUT2D eigenvalue weighted by Crippen LogP contribution is 2.39. The summed E-state index contributed by atoms with van der Waals surface area (Å²) in [5, 5.41) is 6.60. The lowest BCUT2D eigenvalue weighted by atomic mass is 9.70. The summed E-state index contributed by atoms with van der Waals surface area (Å²) in [6.45, 7) is 9.26. The van der Waals surface area contributed by atoms with Crippen molar-refractivity contribution in [1.29, 1.82) is 0 Å². The third kappa shape index (κ3) is 6.37. The van der Waals surface area contributed by atoms with E-state index in [2.05, 4.69) is 31.4 Å². The molecule has 3 heteroatoms. The molecule has 21 heavy (non-hydrogen) atoms. The largest absolute Gasteiger partial charge is 0.353 e. The van der Waals surface area contributed by atoms with Gasteiger partial charge in [0.05, 0.1) is 0 Å². The summed E-state index contributed by atoms with van der Waals surface area (Å²) in [4.78, 5) is 11.5. The van der Waals surface area contributed by atoms with Crippen molar-refractivity contribution < 1.29 is 4.79 Å². The molecule has 0 heterocycles. The van der Waals surface area contributed by atoms with E-state index in [1.165, 1.54) is 38.5 Å². The fourth-order valence-corrected chi connectivity index (χ4v) is 3.44. The van der Waals surface area contributed by atoms with Crippen molar-refractivity contribution in [2.24, 2.45) is 17.3 Å². The lowest BCUT2D eigenvalue weighted by Gasteiger charge is -2.37. The van der Waals surface area contributed by atoms with Gasteiger partial charge in [-0.25, -0.2) is 0 Å². The molecule has 0 atom stereocenters. The molecule has 0 aromatic rings. The van der Waals surface area contributed by atoms with E-state index in [1.54, 1.807) is 0 Å². The number of hydrogen-bond acceptors (Lipinski definition) is 2. The van der Waals surface area contributed by atoms with Gasteiger partial charge in [0.2, 0.25) is 5.91 Å². The van der Waals surface area contributed by atoms with E-state index in [0.29, 0.717) is 17.9 Å². The zero-order chi connectivity index (χ0) is 15.3. The Hall–Kier alpha value is -0.570. The zero-order valence-electron chi connectivity index (χ0n) is 14.2. The van der Waals surface area contributed by atoms with Crippen LogP contribution in [-0.4, -0.2) is 25.0 Å². The van der Waals surface area contributed by atoms with Gasteiger partial charge in [-0.1, -0.05) is 20.8 Å². The Morgan fingerprint density at radius 2 is 1.71 bits per heavy atom. The maximum absolute atomic E-state index is 11.5. The van der Waals surface area contributed by atoms with Gasteiger partial charge in [0.25, 0.3) is 0 Å². The topological polar surface area (TPSA) is 41.1 Å². The quantitative estimate of drug-likeness (QED) is 0.706. The molecule has 2 aliphatic rings. The minimum Gasteiger partial charge on any atom is -0.353 e. The predicted octanol–water partition coefficient (Wildman–Crippen LogP) is 3.49. The third-order valence-electron chi connectivity index (χ3n) is 5.20. The summed E-state index contributed by atoms with van der Waals surface area (Å²) in [5.74, 6) is 1.99. The van der Waals surface area contributed by atoms with E-state index in [-0.39, 0.29) is 5.91 Å². The van der Waals surface area contributed by atoms with Crippen LogP contribution < -0.4 is 10.6 Å². The van der Waals surface area contributed by atoms with Crippen LogP contribution in [0.15, 0.2) is 0 Å². The number of carbonyl (C=O) groups excluding carboxylic acids is 1. The average Bonchev–Trinajstić information content (AvgIpc) is 3.22. The molecule has 0 unspecified atom stereocenters. The van der Waals surface area contributed by atoms with Gasteiger partial charge in [0.15, 0.2) is 0 Å². The van der Waals surface area contributed by atoms with E-state index in [0.717, 1.165) is 31.3 Å². The normalized spacial score (nSPS) is 26.6. The number of carbonyl (C=O) groups is 1. The van der Waals surface area contributed by atoms with Crippen LogP contribution in [-0.2, 0) is 4.79 Å². The predicted molar refractivity (Wildman–Crippen MR) is 88.2 cm³/mol. The molecule has 2 N–H and O–H groups in total. The molecule has 0 bridgehead atoms. The molecule has 2 rings (SSSR count). The molecule has 2 aliphatic carbocycles. The van der Waals surface area contributed by atoms with Gasteiger partial charge in [0, 0.05) is 12.5 Å². The van der Waals surface area contributed by atoms with Gasteiger partial charge in [0.1, 0.15) is 0 Å². The molecule has 122 valence electrons. The van der Waals surface area contributed by atoms with Gasteiger partial charge in [-0.15, -0.1) is 0 Å². The Bertz CT molecular complexity index is 323. The monoisotopic (exact) mass is 294 g/mol. The highest BCUT2D eigenvalue weighted by Gasteiger charge is 2.29. The van der Waals surface area contributed by atoms with Crippen molar-refractivity contribution in [2.45, 2.75) is 78.2 Å². The summed E-state index contributed by atoms with van der Waals surface area (Å²) in [6.07, 6.45) is 9.53. The van der Waals surface area contributed by atoms with Crippen molar-refractivity contribution in [2.75, 3.05) is 13.1 Å². The van der Waals surface area contributed by atoms with Crippen LogP contribution >= 0.6 is 0 Å². The molecule has 3 nitrogen and oxygen atoms in total. The molecular formula is C18H34N2O. The van der Waals surface area contributed by atoms with Crippen LogP contribution in [0, 0.1) is 17.3 Å². The Balaban J connectivity index is 1.47. The molecule has 2 saturated carbocycles. The maximum Gasteiger partial charge on any atom is 0.220 e. The summed E-state index contributed by atoms with van der Waals surface area (Å²) >= 11 is 0. The maximum atomic E-state index is 11.5. The van der Waals surface area contributed by atoms with E-state index in [4.69, 9.17) is 0 Å². The molecule has 1 amide bonds. The number of amides is 1. The van der Waals surface area contributed by atoms with Gasteiger partial charge in [-0.3, -0.25) is 4.79 Å². The van der Waals surface area contributed by atoms with Crippen LogP contribution in [0.3, 0.4) is 0 Å². The molecule has 0 aromatic carbocycles. The summed E-state index contributed by atoms with van der Waals surface area (Å²) < 4.78 is 0. The minimum absolute atomic E-state index is 0.241. The van der Waals surface area contributed by atoms with E-state index in [9.17, 15) is 4.79 Å². The summed E-state index contributed by atoms with van der Waals surface area (Å²) in [6, 6.07) is 0.503. The van der Waals surface area contributed by atoms with Crippen molar-refractivity contribution in [3.8, 4) is 0 Å². The first-order valence-electron chi connectivity index (χ1n) is 8.95. The molecular weight excluding hydrogens is 260 g/mol. The second-order valence-corrected chi connectivity index (χ2v) is 8.23. The van der Waals surface area contributed by atoms with Crippen molar-refractivity contribution in [3.63, 3.8) is 0 Å². The highest BCUT2D eigenvalue weighted by atomic mass is 16.1. The van der Waals surface area contributed by atoms with Crippen molar-refractivity contribution in [1.82, 2.24) is 10.6 Å². The Morgan fingerprint density at radius 1 is 1.05 bits per heavy atom. The molecule has 0 aromatic heterocycles. The van der Waals surface area contributed by atoms with Crippen LogP contribution in [0.5, 0.6) is 0 Å². The standard InChI is InChI=1S/C18H34N2O/c1-18(2,3)15-8-6-14(7-9-15)13-19-12-4-5-17(21)20-16-10-11-16/h14-16,19H,4-13H2,1-3H3,(H,20,21). The SMILES string of the molecule is CC(C)(C)C1CCC(CNCCCC(=O)NC2CC2)CC1. The average molecular weight is 294 g/mol. The second kappa shape index (κ2) is 7.62. The molecule has 0 aliphatic heterocycles. The van der Waals surface area contributed by atoms with Crippen LogP contribution in [0.2, 0.25) is 0 Å². The van der Waals surface area contributed by atoms with E-state index < -0.39 is 0 Å². The molecule has 2 fully saturated rings. The second-order valence-electron chi connectivity index (χ2n) is 8.23. The fraction of sp³-hybridized carbons (Fsp3) is 0.944. The minimum atomic E-state index is 0.241. The van der Waals surface area contributed by atoms with E-state index >= 15 is 0 Å². The zero-order valence-corrected chi connectivity index (χ0v) is 14.2. The molecule has 0 radical (unpaired) electrons. The van der Waals surface area contributed by atoms with Crippen molar-refractivity contribution >= 4 is 5.91 Å². The Kier molecular flexibility index (Phi) is 6.09. The number of hydrogen-bond donors (Lipinski definition) is 2. The fourth-order valence-electron chi connectivity index (χ4n) is 3.44. The van der Waals surface area contributed by atoms with E-state index in [1.807, 2.05) is 0 Å². The van der Waals surface area contributed by atoms with Gasteiger partial charge in [-0.2, -0.15) is 0 Å². The third-order valence-corrected chi connectivity index (χ3v) is 5.20. The van der Waals surface area contributed by atoms with Gasteiger partial charge in [-0.05, 0) is 75.3 Å². The first-order valence-corrected chi connectivity index (χ1v) is 8.95. The van der Waals surface area contributed by atoms with Crippen LogP contribution in [0.1, 0.15) is 72.1 Å². The Labute approximate surface area is 130 Å². The number of nitrogens with one attached hydrogen (secondary N) is 2. The lowest BCUT2D eigenvalue weighted by molar-refractivity contribution is -0.121. The smallest absolute Gasteiger partial charge is 0.220 e. The van der Waals surface area contributed by atoms with Crippen LogP contribution in [0.25, 0.3) is 0 Å². The van der Waals surface area contributed by atoms with Gasteiger partial charge >= 0.3 is 0 Å². The summed E-state index contributed by atoms with van der Waals surface area (Å²) in [5.41, 5.74) is 0.479. The van der Waals surface area contributed by atoms with Crippen LogP contribution in [0.4, 0.5) is 0 Å². The molecule has 0 spiro atoms. The van der Waals surface area contributed by atoms with Crippen molar-refractivity contribution in [3.05, 3.63) is 0 Å². The first-order chi connectivity index (χ1) is 9.95. The summed E-state index contributed by atoms with van der Waals surface area (Å²) in [7, 11) is 0. The first kappa shape index (κ1) is 16.8. The Morgan fingerprint density at radius 3 is 2.29 bits per heavy atom. The molecule has 0 saturated heterocycles. The number of rotatable bonds is 7. The lowest BCUT2D eigenvalue weighted by Crippen LogP contribution is -2.31. The highest BCUT2D eigenvalue weighted by molar-refractivity contribution is 5.76. The van der Waals surface area contributed by atoms with Gasteiger partial charge < -0.3 is 10.6 Å².